The van der Waals surface area contributed by atoms with E-state index >= 15 is 0 Å². The van der Waals surface area contributed by atoms with Gasteiger partial charge in [-0.3, -0.25) is 4.79 Å². The third-order valence-corrected chi connectivity index (χ3v) is 2.98. The van der Waals surface area contributed by atoms with Crippen LogP contribution in [0, 0.1) is 0 Å². The first-order valence-electron chi connectivity index (χ1n) is 6.18. The van der Waals surface area contributed by atoms with Crippen LogP contribution in [0.15, 0.2) is 58.7 Å². The van der Waals surface area contributed by atoms with Crippen LogP contribution < -0.4 is 5.56 Å². The zero-order valence-corrected chi connectivity index (χ0v) is 10.8. The summed E-state index contributed by atoms with van der Waals surface area (Å²) in [5.41, 5.74) is 0.876. The summed E-state index contributed by atoms with van der Waals surface area (Å²) >= 11 is 0. The Bertz CT molecular complexity index is 900. The van der Waals surface area contributed by atoms with Gasteiger partial charge >= 0.3 is 0 Å². The molecule has 1 heterocycles. The van der Waals surface area contributed by atoms with Gasteiger partial charge in [0.15, 0.2) is 11.5 Å². The van der Waals surface area contributed by atoms with Crippen LogP contribution in [-0.4, -0.2) is 26.1 Å². The van der Waals surface area contributed by atoms with Gasteiger partial charge in [-0.2, -0.15) is 9.78 Å². The van der Waals surface area contributed by atoms with E-state index < -0.39 is 0 Å². The van der Waals surface area contributed by atoms with Crippen LogP contribution in [0.4, 0.5) is 0 Å². The number of benzene rings is 2. The Labute approximate surface area is 119 Å². The van der Waals surface area contributed by atoms with Gasteiger partial charge in [0.1, 0.15) is 6.33 Å². The van der Waals surface area contributed by atoms with Gasteiger partial charge in [0, 0.05) is 0 Å². The summed E-state index contributed by atoms with van der Waals surface area (Å²) in [6.45, 7) is 0. The number of para-hydroxylation sites is 1. The van der Waals surface area contributed by atoms with Crippen molar-refractivity contribution in [1.29, 1.82) is 0 Å². The van der Waals surface area contributed by atoms with E-state index in [1.54, 1.807) is 24.3 Å². The lowest BCUT2D eigenvalue weighted by Gasteiger charge is -2.01. The molecule has 0 atom stereocenters. The molecule has 0 unspecified atom stereocenters. The molecule has 2 aromatic carbocycles. The number of rotatable bonds is 2. The minimum atomic E-state index is -0.278. The third-order valence-electron chi connectivity index (χ3n) is 2.98. The van der Waals surface area contributed by atoms with E-state index in [9.17, 15) is 15.0 Å². The van der Waals surface area contributed by atoms with Crippen LogP contribution in [0.1, 0.15) is 5.56 Å². The summed E-state index contributed by atoms with van der Waals surface area (Å²) < 4.78 is 1.12. The number of aromatic nitrogens is 2. The molecule has 6 nitrogen and oxygen atoms in total. The average Bonchev–Trinajstić information content (AvgIpc) is 2.50. The van der Waals surface area contributed by atoms with E-state index in [1.807, 2.05) is 6.07 Å². The molecule has 0 aliphatic heterocycles. The molecule has 0 saturated carbocycles. The summed E-state index contributed by atoms with van der Waals surface area (Å²) in [4.78, 5) is 16.3. The van der Waals surface area contributed by atoms with Crippen LogP contribution >= 0.6 is 0 Å². The molecule has 21 heavy (non-hydrogen) atoms. The van der Waals surface area contributed by atoms with Crippen LogP contribution in [0.25, 0.3) is 10.9 Å². The SMILES string of the molecule is O=c1c2ccccc2ncn1/N=C/c1ccc(O)c(O)c1. The maximum atomic E-state index is 12.2. The fraction of sp³-hybridized carbons (Fsp3) is 0. The van der Waals surface area contributed by atoms with E-state index in [-0.39, 0.29) is 17.1 Å². The number of hydrogen-bond donors (Lipinski definition) is 2. The predicted octanol–water partition coefficient (Wildman–Crippen LogP) is 1.69. The van der Waals surface area contributed by atoms with Crippen LogP contribution in [-0.2, 0) is 0 Å². The standard InChI is InChI=1S/C15H11N3O3/c19-13-6-5-10(7-14(13)20)8-17-18-9-16-12-4-2-1-3-11(12)15(18)21/h1-9,19-20H/b17-8+. The number of nitrogens with zero attached hydrogens (tertiary/aromatic N) is 3. The Morgan fingerprint density at radius 3 is 2.71 bits per heavy atom. The van der Waals surface area contributed by atoms with Gasteiger partial charge in [-0.15, -0.1) is 0 Å². The zero-order valence-electron chi connectivity index (χ0n) is 10.8. The quantitative estimate of drug-likeness (QED) is 0.552. The second kappa shape index (κ2) is 5.09. The van der Waals surface area contributed by atoms with E-state index in [2.05, 4.69) is 10.1 Å². The van der Waals surface area contributed by atoms with Crippen LogP contribution in [0.3, 0.4) is 0 Å². The van der Waals surface area contributed by atoms with Gasteiger partial charge in [-0.1, -0.05) is 12.1 Å². The van der Waals surface area contributed by atoms with E-state index in [4.69, 9.17) is 0 Å². The number of hydrogen-bond acceptors (Lipinski definition) is 5. The fourth-order valence-electron chi connectivity index (χ4n) is 1.89. The van der Waals surface area contributed by atoms with Crippen molar-refractivity contribution in [3.05, 3.63) is 64.7 Å². The highest BCUT2D eigenvalue weighted by Gasteiger charge is 2.02. The van der Waals surface area contributed by atoms with Crippen molar-refractivity contribution in [2.45, 2.75) is 0 Å². The fourth-order valence-corrected chi connectivity index (χ4v) is 1.89. The predicted molar refractivity (Wildman–Crippen MR) is 78.8 cm³/mol. The third kappa shape index (κ3) is 2.46. The largest absolute Gasteiger partial charge is 0.504 e. The number of phenolic OH excluding ortho intramolecular Hbond substituents is 2. The van der Waals surface area contributed by atoms with Crippen molar-refractivity contribution >= 4 is 17.1 Å². The maximum Gasteiger partial charge on any atom is 0.281 e. The molecule has 6 heteroatoms. The van der Waals surface area contributed by atoms with Crippen molar-refractivity contribution in [1.82, 2.24) is 9.66 Å². The Morgan fingerprint density at radius 1 is 1.10 bits per heavy atom. The minimum Gasteiger partial charge on any atom is -0.504 e. The molecule has 3 rings (SSSR count). The molecule has 0 radical (unpaired) electrons. The lowest BCUT2D eigenvalue weighted by molar-refractivity contribution is 0.403. The van der Waals surface area contributed by atoms with Crippen molar-refractivity contribution < 1.29 is 10.2 Å². The molecule has 3 aromatic rings. The highest BCUT2D eigenvalue weighted by Crippen LogP contribution is 2.23. The molecule has 104 valence electrons. The molecule has 0 aliphatic carbocycles. The Balaban J connectivity index is 2.01. The number of aromatic hydroxyl groups is 2. The molecule has 0 bridgehead atoms. The average molecular weight is 281 g/mol. The van der Waals surface area contributed by atoms with Crippen molar-refractivity contribution in [2.24, 2.45) is 5.10 Å². The minimum absolute atomic E-state index is 0.211. The molecule has 1 aromatic heterocycles. The molecule has 0 spiro atoms. The molecule has 0 saturated heterocycles. The van der Waals surface area contributed by atoms with Crippen molar-refractivity contribution in [2.75, 3.05) is 0 Å². The topological polar surface area (TPSA) is 87.7 Å². The molecule has 2 N–H and O–H groups in total. The second-order valence-corrected chi connectivity index (χ2v) is 4.40. The van der Waals surface area contributed by atoms with Crippen molar-refractivity contribution in [3.8, 4) is 11.5 Å². The van der Waals surface area contributed by atoms with Crippen LogP contribution in [0.2, 0.25) is 0 Å². The summed E-state index contributed by atoms with van der Waals surface area (Å²) in [5, 5.41) is 23.1. The summed E-state index contributed by atoms with van der Waals surface area (Å²) in [6.07, 6.45) is 2.73. The maximum absolute atomic E-state index is 12.2. The summed E-state index contributed by atoms with van der Waals surface area (Å²) in [6, 6.07) is 11.3. The number of phenols is 2. The molecule has 0 amide bonds. The molecular formula is C15H11N3O3. The monoisotopic (exact) mass is 281 g/mol. The summed E-state index contributed by atoms with van der Waals surface area (Å²) in [7, 11) is 0. The van der Waals surface area contributed by atoms with Gasteiger partial charge in [-0.05, 0) is 35.9 Å². The first-order chi connectivity index (χ1) is 10.1. The Morgan fingerprint density at radius 2 is 1.90 bits per heavy atom. The normalized spacial score (nSPS) is 11.2. The lowest BCUT2D eigenvalue weighted by atomic mass is 10.2. The Hall–Kier alpha value is -3.15. The highest BCUT2D eigenvalue weighted by molar-refractivity contribution is 5.81. The van der Waals surface area contributed by atoms with E-state index in [0.29, 0.717) is 16.5 Å². The van der Waals surface area contributed by atoms with Gasteiger partial charge < -0.3 is 10.2 Å². The lowest BCUT2D eigenvalue weighted by Crippen LogP contribution is -2.16. The first-order valence-corrected chi connectivity index (χ1v) is 6.18. The van der Waals surface area contributed by atoms with Gasteiger partial charge in [0.05, 0.1) is 17.1 Å². The summed E-state index contributed by atoms with van der Waals surface area (Å²) in [5.74, 6) is -0.459. The highest BCUT2D eigenvalue weighted by atomic mass is 16.3. The second-order valence-electron chi connectivity index (χ2n) is 4.40. The molecular weight excluding hydrogens is 270 g/mol. The first kappa shape index (κ1) is 12.9. The van der Waals surface area contributed by atoms with E-state index in [1.165, 1.54) is 24.7 Å². The van der Waals surface area contributed by atoms with Gasteiger partial charge in [0.2, 0.25) is 0 Å². The number of fused-ring (bicyclic) bond motifs is 1. The molecule has 0 fully saturated rings. The van der Waals surface area contributed by atoms with Gasteiger partial charge in [-0.25, -0.2) is 4.98 Å². The van der Waals surface area contributed by atoms with Gasteiger partial charge in [0.25, 0.3) is 5.56 Å². The molecule has 0 aliphatic rings. The zero-order chi connectivity index (χ0) is 14.8. The smallest absolute Gasteiger partial charge is 0.281 e. The Kier molecular flexibility index (Phi) is 3.12. The van der Waals surface area contributed by atoms with E-state index in [0.717, 1.165) is 4.68 Å². The van der Waals surface area contributed by atoms with Crippen molar-refractivity contribution in [3.63, 3.8) is 0 Å². The van der Waals surface area contributed by atoms with Crippen LogP contribution in [0.5, 0.6) is 11.5 Å².